The van der Waals surface area contributed by atoms with E-state index in [1.807, 2.05) is 6.07 Å². The van der Waals surface area contributed by atoms with E-state index in [1.54, 1.807) is 0 Å². The summed E-state index contributed by atoms with van der Waals surface area (Å²) < 4.78 is 6.56. The highest BCUT2D eigenvalue weighted by atomic mass is 16.5. The summed E-state index contributed by atoms with van der Waals surface area (Å²) in [6.07, 6.45) is 0. The minimum atomic E-state index is -0.363. The molecule has 4 aromatic rings. The van der Waals surface area contributed by atoms with Gasteiger partial charge in [0.15, 0.2) is 0 Å². The molecule has 1 aliphatic heterocycles. The van der Waals surface area contributed by atoms with Crippen LogP contribution in [-0.2, 0) is 0 Å². The lowest BCUT2D eigenvalue weighted by Gasteiger charge is -2.43. The fourth-order valence-electron chi connectivity index (χ4n) is 4.64. The van der Waals surface area contributed by atoms with Crippen molar-refractivity contribution in [3.63, 3.8) is 0 Å². The SMILES string of the molecule is Cc1ccc(N2CC(C)(CN[C@H](C)c3cccc4ccccc34)Oc3ccccc32)cc1. The Labute approximate surface area is 190 Å². The average molecular weight is 423 g/mol. The molecule has 32 heavy (non-hydrogen) atoms. The highest BCUT2D eigenvalue weighted by Gasteiger charge is 2.36. The molecular formula is C29H30N2O. The molecule has 1 N–H and O–H groups in total. The van der Waals surface area contributed by atoms with Crippen LogP contribution in [0.2, 0.25) is 0 Å². The quantitative estimate of drug-likeness (QED) is 0.383. The lowest BCUT2D eigenvalue weighted by Crippen LogP contribution is -2.53. The number of benzene rings is 4. The van der Waals surface area contributed by atoms with Crippen LogP contribution in [0.25, 0.3) is 10.8 Å². The first kappa shape index (κ1) is 20.6. The summed E-state index contributed by atoms with van der Waals surface area (Å²) in [4.78, 5) is 2.38. The monoisotopic (exact) mass is 422 g/mol. The standard InChI is InChI=1S/C29H30N2O/c1-21-15-17-24(18-16-21)31-20-29(3,32-28-14-7-6-13-27(28)31)19-30-22(2)25-12-8-10-23-9-4-5-11-26(23)25/h4-18,22,30H,19-20H2,1-3H3/t22-,29?/m1/s1. The van der Waals surface area contributed by atoms with Gasteiger partial charge in [0.05, 0.1) is 12.2 Å². The molecular weight excluding hydrogens is 392 g/mol. The van der Waals surface area contributed by atoms with E-state index < -0.39 is 0 Å². The first-order valence-corrected chi connectivity index (χ1v) is 11.4. The van der Waals surface area contributed by atoms with Gasteiger partial charge in [0.2, 0.25) is 0 Å². The predicted molar refractivity (Wildman–Crippen MR) is 134 cm³/mol. The summed E-state index contributed by atoms with van der Waals surface area (Å²) in [5, 5.41) is 6.34. The Bertz CT molecular complexity index is 1230. The number of aryl methyl sites for hydroxylation is 1. The number of ether oxygens (including phenoxy) is 1. The number of rotatable bonds is 5. The molecule has 0 aromatic heterocycles. The van der Waals surface area contributed by atoms with Crippen LogP contribution < -0.4 is 15.0 Å². The van der Waals surface area contributed by atoms with Crippen LogP contribution in [0.5, 0.6) is 5.75 Å². The third kappa shape index (κ3) is 3.96. The van der Waals surface area contributed by atoms with Gasteiger partial charge in [-0.2, -0.15) is 0 Å². The molecule has 0 bridgehead atoms. The number of nitrogens with one attached hydrogen (secondary N) is 1. The zero-order valence-corrected chi connectivity index (χ0v) is 19.0. The van der Waals surface area contributed by atoms with Crippen molar-refractivity contribution in [3.05, 3.63) is 102 Å². The van der Waals surface area contributed by atoms with E-state index >= 15 is 0 Å². The second-order valence-electron chi connectivity index (χ2n) is 9.11. The number of hydrogen-bond acceptors (Lipinski definition) is 3. The summed E-state index contributed by atoms with van der Waals surface area (Å²) in [5.41, 5.74) is 4.54. The molecule has 1 heterocycles. The molecule has 0 saturated heterocycles. The van der Waals surface area contributed by atoms with E-state index in [-0.39, 0.29) is 11.6 Å². The summed E-state index contributed by atoms with van der Waals surface area (Å²) in [6, 6.07) is 32.4. The molecule has 3 nitrogen and oxygen atoms in total. The maximum Gasteiger partial charge on any atom is 0.143 e. The molecule has 3 heteroatoms. The Kier molecular flexibility index (Phi) is 5.36. The van der Waals surface area contributed by atoms with E-state index in [0.29, 0.717) is 0 Å². The molecule has 0 aliphatic carbocycles. The molecule has 1 unspecified atom stereocenters. The summed E-state index contributed by atoms with van der Waals surface area (Å²) in [6.45, 7) is 8.09. The number of nitrogens with zero attached hydrogens (tertiary/aromatic N) is 1. The minimum absolute atomic E-state index is 0.214. The first-order valence-electron chi connectivity index (χ1n) is 11.4. The second kappa shape index (κ2) is 8.33. The fourth-order valence-corrected chi connectivity index (χ4v) is 4.64. The van der Waals surface area contributed by atoms with Crippen molar-refractivity contribution in [1.82, 2.24) is 5.32 Å². The van der Waals surface area contributed by atoms with E-state index in [4.69, 9.17) is 4.74 Å². The van der Waals surface area contributed by atoms with Gasteiger partial charge < -0.3 is 15.0 Å². The number of hydrogen-bond donors (Lipinski definition) is 1. The molecule has 162 valence electrons. The molecule has 2 atom stereocenters. The Hall–Kier alpha value is -3.30. The summed E-state index contributed by atoms with van der Waals surface area (Å²) >= 11 is 0. The lowest BCUT2D eigenvalue weighted by atomic mass is 9.97. The normalized spacial score (nSPS) is 18.8. The van der Waals surface area contributed by atoms with Crippen molar-refractivity contribution in [1.29, 1.82) is 0 Å². The van der Waals surface area contributed by atoms with E-state index in [2.05, 4.69) is 116 Å². The Morgan fingerprint density at radius 3 is 2.47 bits per heavy atom. The van der Waals surface area contributed by atoms with Crippen molar-refractivity contribution in [2.75, 3.05) is 18.0 Å². The molecule has 4 aromatic carbocycles. The number of anilines is 2. The Morgan fingerprint density at radius 2 is 1.62 bits per heavy atom. The van der Waals surface area contributed by atoms with Crippen molar-refractivity contribution in [2.24, 2.45) is 0 Å². The third-order valence-corrected chi connectivity index (χ3v) is 6.42. The van der Waals surface area contributed by atoms with Gasteiger partial charge in [-0.3, -0.25) is 0 Å². The maximum absolute atomic E-state index is 6.56. The Morgan fingerprint density at radius 1 is 0.906 bits per heavy atom. The van der Waals surface area contributed by atoms with Crippen LogP contribution in [0.1, 0.15) is 31.0 Å². The van der Waals surface area contributed by atoms with Crippen LogP contribution in [0, 0.1) is 6.92 Å². The molecule has 0 amide bonds. The largest absolute Gasteiger partial charge is 0.482 e. The van der Waals surface area contributed by atoms with E-state index in [0.717, 1.165) is 24.5 Å². The van der Waals surface area contributed by atoms with Crippen LogP contribution in [-0.4, -0.2) is 18.7 Å². The summed E-state index contributed by atoms with van der Waals surface area (Å²) in [5.74, 6) is 0.932. The lowest BCUT2D eigenvalue weighted by molar-refractivity contribution is 0.0848. The van der Waals surface area contributed by atoms with Crippen LogP contribution in [0.3, 0.4) is 0 Å². The second-order valence-corrected chi connectivity index (χ2v) is 9.11. The Balaban J connectivity index is 1.40. The van der Waals surface area contributed by atoms with Crippen molar-refractivity contribution >= 4 is 22.1 Å². The van der Waals surface area contributed by atoms with Crippen molar-refractivity contribution in [2.45, 2.75) is 32.4 Å². The zero-order chi connectivity index (χ0) is 22.1. The molecule has 0 fully saturated rings. The smallest absolute Gasteiger partial charge is 0.143 e. The van der Waals surface area contributed by atoms with Crippen molar-refractivity contribution in [3.8, 4) is 5.75 Å². The fraction of sp³-hybridized carbons (Fsp3) is 0.241. The molecule has 0 radical (unpaired) electrons. The van der Waals surface area contributed by atoms with Gasteiger partial charge in [0.25, 0.3) is 0 Å². The van der Waals surface area contributed by atoms with Gasteiger partial charge in [-0.15, -0.1) is 0 Å². The molecule has 5 rings (SSSR count). The number of para-hydroxylation sites is 2. The summed E-state index contributed by atoms with van der Waals surface area (Å²) in [7, 11) is 0. The van der Waals surface area contributed by atoms with Crippen LogP contribution >= 0.6 is 0 Å². The molecule has 0 spiro atoms. The van der Waals surface area contributed by atoms with Gasteiger partial charge in [0, 0.05) is 18.3 Å². The highest BCUT2D eigenvalue weighted by molar-refractivity contribution is 5.86. The zero-order valence-electron chi connectivity index (χ0n) is 19.0. The van der Waals surface area contributed by atoms with Crippen LogP contribution in [0.15, 0.2) is 91.0 Å². The highest BCUT2D eigenvalue weighted by Crippen LogP contribution is 2.41. The minimum Gasteiger partial charge on any atom is -0.482 e. The predicted octanol–water partition coefficient (Wildman–Crippen LogP) is 6.79. The van der Waals surface area contributed by atoms with Gasteiger partial charge in [-0.1, -0.05) is 72.3 Å². The van der Waals surface area contributed by atoms with Gasteiger partial charge in [-0.05, 0) is 61.4 Å². The topological polar surface area (TPSA) is 24.5 Å². The van der Waals surface area contributed by atoms with E-state index in [9.17, 15) is 0 Å². The van der Waals surface area contributed by atoms with Gasteiger partial charge in [0.1, 0.15) is 11.4 Å². The molecule has 1 aliphatic rings. The van der Waals surface area contributed by atoms with Crippen molar-refractivity contribution < 1.29 is 4.74 Å². The van der Waals surface area contributed by atoms with Crippen LogP contribution in [0.4, 0.5) is 11.4 Å². The average Bonchev–Trinajstić information content (AvgIpc) is 2.82. The molecule has 0 saturated carbocycles. The maximum atomic E-state index is 6.56. The van der Waals surface area contributed by atoms with Gasteiger partial charge in [-0.25, -0.2) is 0 Å². The third-order valence-electron chi connectivity index (χ3n) is 6.42. The number of fused-ring (bicyclic) bond motifs is 2. The van der Waals surface area contributed by atoms with E-state index in [1.165, 1.54) is 27.6 Å². The first-order chi connectivity index (χ1) is 15.5. The van der Waals surface area contributed by atoms with Gasteiger partial charge >= 0.3 is 0 Å².